The molecule has 0 saturated carbocycles. The third kappa shape index (κ3) is 3.39. The first-order valence-corrected chi connectivity index (χ1v) is 6.16. The van der Waals surface area contributed by atoms with Gasteiger partial charge in [-0.05, 0) is 0 Å². The van der Waals surface area contributed by atoms with Crippen molar-refractivity contribution in [3.8, 4) is 11.4 Å². The second-order valence-corrected chi connectivity index (χ2v) is 4.51. The number of carbonyl (C=O) groups is 1. The molecule has 0 saturated heterocycles. The lowest BCUT2D eigenvalue weighted by Crippen LogP contribution is -2.36. The standard InChI is InChI=1S/C12H14N6O3/c1-8(12(19)15-13)6-17-7-14-11(16-17)9-3-2-4-10(5-9)18(20)21/h2-5,7-8H,6,13H2,1H3,(H,15,19). The van der Waals surface area contributed by atoms with Crippen LogP contribution in [-0.4, -0.2) is 25.6 Å². The molecule has 1 unspecified atom stereocenters. The van der Waals surface area contributed by atoms with Crippen LogP contribution in [0.15, 0.2) is 30.6 Å². The highest BCUT2D eigenvalue weighted by Crippen LogP contribution is 2.20. The molecule has 0 aliphatic carbocycles. The molecule has 21 heavy (non-hydrogen) atoms. The second kappa shape index (κ2) is 6.09. The normalized spacial score (nSPS) is 11.9. The summed E-state index contributed by atoms with van der Waals surface area (Å²) >= 11 is 0. The first-order valence-electron chi connectivity index (χ1n) is 6.16. The van der Waals surface area contributed by atoms with Gasteiger partial charge >= 0.3 is 0 Å². The highest BCUT2D eigenvalue weighted by Gasteiger charge is 2.14. The Morgan fingerprint density at radius 2 is 2.33 bits per heavy atom. The van der Waals surface area contributed by atoms with Gasteiger partial charge in [0, 0.05) is 17.7 Å². The first kappa shape index (κ1) is 14.6. The molecule has 3 N–H and O–H groups in total. The number of carbonyl (C=O) groups excluding carboxylic acids is 1. The maximum Gasteiger partial charge on any atom is 0.270 e. The largest absolute Gasteiger partial charge is 0.294 e. The Balaban J connectivity index is 2.18. The minimum atomic E-state index is -0.478. The molecular weight excluding hydrogens is 276 g/mol. The number of nitrogens with zero attached hydrogens (tertiary/aromatic N) is 4. The van der Waals surface area contributed by atoms with Crippen molar-refractivity contribution in [2.24, 2.45) is 11.8 Å². The number of nitrogens with two attached hydrogens (primary N) is 1. The van der Waals surface area contributed by atoms with Gasteiger partial charge in [0.05, 0.1) is 17.4 Å². The van der Waals surface area contributed by atoms with Crippen LogP contribution in [0.2, 0.25) is 0 Å². The predicted molar refractivity (Wildman–Crippen MR) is 73.6 cm³/mol. The van der Waals surface area contributed by atoms with Crippen LogP contribution in [0.25, 0.3) is 11.4 Å². The Labute approximate surface area is 119 Å². The summed E-state index contributed by atoms with van der Waals surface area (Å²) in [6, 6.07) is 6.05. The van der Waals surface area contributed by atoms with Crippen molar-refractivity contribution in [3.63, 3.8) is 0 Å². The number of hydrogen-bond donors (Lipinski definition) is 2. The molecule has 0 radical (unpaired) electrons. The molecule has 9 heteroatoms. The molecule has 1 aromatic carbocycles. The Kier molecular flexibility index (Phi) is 4.24. The van der Waals surface area contributed by atoms with Gasteiger partial charge in [0.1, 0.15) is 6.33 Å². The van der Waals surface area contributed by atoms with Crippen molar-refractivity contribution >= 4 is 11.6 Å². The van der Waals surface area contributed by atoms with Gasteiger partial charge in [-0.15, -0.1) is 0 Å². The Hall–Kier alpha value is -2.81. The quantitative estimate of drug-likeness (QED) is 0.356. The molecule has 0 fully saturated rings. The van der Waals surface area contributed by atoms with E-state index in [1.54, 1.807) is 19.1 Å². The van der Waals surface area contributed by atoms with Gasteiger partial charge in [-0.1, -0.05) is 19.1 Å². The zero-order valence-electron chi connectivity index (χ0n) is 11.3. The van der Waals surface area contributed by atoms with Crippen LogP contribution in [0.1, 0.15) is 6.92 Å². The van der Waals surface area contributed by atoms with Gasteiger partial charge in [0.25, 0.3) is 5.69 Å². The maximum absolute atomic E-state index is 11.3. The lowest BCUT2D eigenvalue weighted by atomic mass is 10.2. The van der Waals surface area contributed by atoms with Crippen molar-refractivity contribution in [1.29, 1.82) is 0 Å². The molecule has 1 atom stereocenters. The van der Waals surface area contributed by atoms with Crippen molar-refractivity contribution in [2.45, 2.75) is 13.5 Å². The van der Waals surface area contributed by atoms with E-state index in [1.165, 1.54) is 23.1 Å². The molecule has 1 heterocycles. The number of non-ortho nitro benzene ring substituents is 1. The fourth-order valence-electron chi connectivity index (χ4n) is 1.78. The summed E-state index contributed by atoms with van der Waals surface area (Å²) in [7, 11) is 0. The third-order valence-electron chi connectivity index (χ3n) is 2.90. The van der Waals surface area contributed by atoms with Gasteiger partial charge in [-0.3, -0.25) is 25.0 Å². The number of hydrogen-bond acceptors (Lipinski definition) is 6. The van der Waals surface area contributed by atoms with E-state index in [9.17, 15) is 14.9 Å². The monoisotopic (exact) mass is 290 g/mol. The molecule has 0 spiro atoms. The van der Waals surface area contributed by atoms with Crippen LogP contribution in [0.3, 0.4) is 0 Å². The van der Waals surface area contributed by atoms with Crippen molar-refractivity contribution in [2.75, 3.05) is 0 Å². The third-order valence-corrected chi connectivity index (χ3v) is 2.90. The van der Waals surface area contributed by atoms with E-state index in [4.69, 9.17) is 5.84 Å². The predicted octanol–water partition coefficient (Wildman–Crippen LogP) is 0.479. The summed E-state index contributed by atoms with van der Waals surface area (Å²) in [5.41, 5.74) is 2.58. The fraction of sp³-hybridized carbons (Fsp3) is 0.250. The van der Waals surface area contributed by atoms with E-state index in [0.29, 0.717) is 17.9 Å². The number of rotatable bonds is 5. The van der Waals surface area contributed by atoms with Crippen LogP contribution < -0.4 is 11.3 Å². The Bertz CT molecular complexity index is 669. The molecule has 2 aromatic rings. The van der Waals surface area contributed by atoms with Crippen LogP contribution in [0, 0.1) is 16.0 Å². The lowest BCUT2D eigenvalue weighted by Gasteiger charge is -2.08. The topological polar surface area (TPSA) is 129 Å². The van der Waals surface area contributed by atoms with Crippen LogP contribution in [0.5, 0.6) is 0 Å². The number of hydrazine groups is 1. The zero-order chi connectivity index (χ0) is 15.4. The minimum Gasteiger partial charge on any atom is -0.294 e. The van der Waals surface area contributed by atoms with E-state index in [2.05, 4.69) is 15.5 Å². The molecule has 0 aliphatic rings. The van der Waals surface area contributed by atoms with E-state index in [0.717, 1.165) is 0 Å². The Morgan fingerprint density at radius 3 is 3.00 bits per heavy atom. The highest BCUT2D eigenvalue weighted by atomic mass is 16.6. The summed E-state index contributed by atoms with van der Waals surface area (Å²) in [5.74, 6) is 4.75. The SMILES string of the molecule is CC(Cn1cnc(-c2cccc([N+](=O)[O-])c2)n1)C(=O)NN. The van der Waals surface area contributed by atoms with Crippen molar-refractivity contribution in [1.82, 2.24) is 20.2 Å². The molecule has 110 valence electrons. The summed E-state index contributed by atoms with van der Waals surface area (Å²) in [5, 5.41) is 14.9. The number of benzene rings is 1. The molecule has 9 nitrogen and oxygen atoms in total. The van der Waals surface area contributed by atoms with E-state index >= 15 is 0 Å². The van der Waals surface area contributed by atoms with Crippen molar-refractivity contribution in [3.05, 3.63) is 40.7 Å². The first-order chi connectivity index (χ1) is 10.0. The van der Waals surface area contributed by atoms with Crippen molar-refractivity contribution < 1.29 is 9.72 Å². The average Bonchev–Trinajstić information content (AvgIpc) is 2.95. The van der Waals surface area contributed by atoms with Gasteiger partial charge in [0.15, 0.2) is 5.82 Å². The second-order valence-electron chi connectivity index (χ2n) is 4.51. The number of amides is 1. The van der Waals surface area contributed by atoms with E-state index in [1.807, 2.05) is 0 Å². The number of aromatic nitrogens is 3. The van der Waals surface area contributed by atoms with Gasteiger partial charge in [-0.25, -0.2) is 10.8 Å². The average molecular weight is 290 g/mol. The van der Waals surface area contributed by atoms with Gasteiger partial charge in [0.2, 0.25) is 5.91 Å². The van der Waals surface area contributed by atoms with Crippen LogP contribution >= 0.6 is 0 Å². The fourth-order valence-corrected chi connectivity index (χ4v) is 1.78. The van der Waals surface area contributed by atoms with E-state index < -0.39 is 4.92 Å². The maximum atomic E-state index is 11.3. The molecule has 1 aromatic heterocycles. The lowest BCUT2D eigenvalue weighted by molar-refractivity contribution is -0.384. The van der Waals surface area contributed by atoms with Crippen LogP contribution in [0.4, 0.5) is 5.69 Å². The van der Waals surface area contributed by atoms with Gasteiger partial charge < -0.3 is 0 Å². The molecule has 2 rings (SSSR count). The Morgan fingerprint density at radius 1 is 1.57 bits per heavy atom. The van der Waals surface area contributed by atoms with Gasteiger partial charge in [-0.2, -0.15) is 5.10 Å². The minimum absolute atomic E-state index is 0.0280. The summed E-state index contributed by atoms with van der Waals surface area (Å²) < 4.78 is 1.49. The number of nitro benzene ring substituents is 1. The molecular formula is C12H14N6O3. The highest BCUT2D eigenvalue weighted by molar-refractivity contribution is 5.77. The van der Waals surface area contributed by atoms with Crippen LogP contribution in [-0.2, 0) is 11.3 Å². The molecule has 1 amide bonds. The molecule has 0 aliphatic heterocycles. The number of nitrogens with one attached hydrogen (secondary N) is 1. The smallest absolute Gasteiger partial charge is 0.270 e. The summed E-state index contributed by atoms with van der Waals surface area (Å²) in [6.07, 6.45) is 1.47. The van der Waals surface area contributed by atoms with E-state index in [-0.39, 0.29) is 17.5 Å². The molecule has 0 bridgehead atoms. The summed E-state index contributed by atoms with van der Waals surface area (Å²) in [4.78, 5) is 25.7. The zero-order valence-corrected chi connectivity index (χ0v) is 11.3. The summed E-state index contributed by atoms with van der Waals surface area (Å²) in [6.45, 7) is 2.02. The number of nitro groups is 1.